The van der Waals surface area contributed by atoms with Gasteiger partial charge in [0.25, 0.3) is 0 Å². The summed E-state index contributed by atoms with van der Waals surface area (Å²) in [4.78, 5) is 16.8. The van der Waals surface area contributed by atoms with E-state index in [2.05, 4.69) is 22.1 Å². The number of fused-ring (bicyclic) bond motifs is 2. The minimum absolute atomic E-state index is 0.212. The van der Waals surface area contributed by atoms with Gasteiger partial charge in [0.05, 0.1) is 31.3 Å². The molecule has 4 rings (SSSR count). The van der Waals surface area contributed by atoms with Crippen LogP contribution >= 0.6 is 0 Å². The fourth-order valence-electron chi connectivity index (χ4n) is 3.65. The number of carbonyl (C=O) groups is 1. The molecule has 0 aliphatic carbocycles. The van der Waals surface area contributed by atoms with Gasteiger partial charge >= 0.3 is 0 Å². The van der Waals surface area contributed by atoms with Crippen molar-refractivity contribution in [2.75, 3.05) is 7.11 Å². The number of methoxy groups -OCH3 is 1. The van der Waals surface area contributed by atoms with Crippen LogP contribution in [0.2, 0.25) is 0 Å². The van der Waals surface area contributed by atoms with E-state index in [1.165, 1.54) is 0 Å². The summed E-state index contributed by atoms with van der Waals surface area (Å²) in [6, 6.07) is 18.1. The lowest BCUT2D eigenvalue weighted by atomic mass is 10.1. The number of amides is 1. The lowest BCUT2D eigenvalue weighted by Crippen LogP contribution is -2.31. The molecule has 3 N–H and O–H groups in total. The van der Waals surface area contributed by atoms with Crippen molar-refractivity contribution in [2.24, 2.45) is 5.84 Å². The molecule has 0 spiro atoms. The van der Waals surface area contributed by atoms with Gasteiger partial charge < -0.3 is 9.30 Å². The zero-order valence-electron chi connectivity index (χ0n) is 15.9. The van der Waals surface area contributed by atoms with Gasteiger partial charge in [0, 0.05) is 22.0 Å². The number of nitrogens with zero attached hydrogens (tertiary/aromatic N) is 2. The number of hydrogen-bond acceptors (Lipinski definition) is 4. The molecule has 142 valence electrons. The maximum atomic E-state index is 12.0. The first-order chi connectivity index (χ1) is 13.6. The number of hydrazine groups is 1. The Bertz CT molecular complexity index is 1180. The van der Waals surface area contributed by atoms with E-state index >= 15 is 0 Å². The number of carbonyl (C=O) groups excluding carboxylic acids is 1. The van der Waals surface area contributed by atoms with Crippen LogP contribution in [-0.2, 0) is 17.8 Å². The minimum Gasteiger partial charge on any atom is -0.497 e. The number of ether oxygens (including phenoxy) is 1. The van der Waals surface area contributed by atoms with Crippen molar-refractivity contribution in [1.82, 2.24) is 15.0 Å². The SMILES string of the molecule is COc1ccc2c(c1)c(CC(=O)NN)c(C)n2Cc1ccc2ccccc2n1. The van der Waals surface area contributed by atoms with Crippen LogP contribution in [0.3, 0.4) is 0 Å². The van der Waals surface area contributed by atoms with Gasteiger partial charge in [-0.05, 0) is 42.8 Å². The number of hydrogen-bond donors (Lipinski definition) is 2. The second kappa shape index (κ2) is 7.32. The Labute approximate surface area is 162 Å². The van der Waals surface area contributed by atoms with E-state index in [1.54, 1.807) is 7.11 Å². The predicted octanol–water partition coefficient (Wildman–Crippen LogP) is 3.09. The average Bonchev–Trinajstić information content (AvgIpc) is 2.98. The Morgan fingerprint density at radius 2 is 2.00 bits per heavy atom. The summed E-state index contributed by atoms with van der Waals surface area (Å²) in [5.74, 6) is 5.84. The van der Waals surface area contributed by atoms with Crippen LogP contribution in [0.15, 0.2) is 54.6 Å². The summed E-state index contributed by atoms with van der Waals surface area (Å²) in [6.45, 7) is 2.64. The zero-order chi connectivity index (χ0) is 19.7. The molecule has 2 aromatic carbocycles. The van der Waals surface area contributed by atoms with E-state index in [9.17, 15) is 4.79 Å². The van der Waals surface area contributed by atoms with Gasteiger partial charge in [0.2, 0.25) is 5.91 Å². The third-order valence-corrected chi connectivity index (χ3v) is 5.14. The van der Waals surface area contributed by atoms with Gasteiger partial charge in [-0.2, -0.15) is 0 Å². The second-order valence-corrected chi connectivity index (χ2v) is 6.77. The molecule has 2 aromatic heterocycles. The number of rotatable bonds is 5. The van der Waals surface area contributed by atoms with Gasteiger partial charge in [0.1, 0.15) is 5.75 Å². The molecule has 0 atom stereocenters. The highest BCUT2D eigenvalue weighted by atomic mass is 16.5. The summed E-state index contributed by atoms with van der Waals surface area (Å²) < 4.78 is 7.56. The minimum atomic E-state index is -0.228. The highest BCUT2D eigenvalue weighted by molar-refractivity contribution is 5.91. The topological polar surface area (TPSA) is 82.2 Å². The number of para-hydroxylation sites is 1. The molecule has 0 saturated heterocycles. The first-order valence-electron chi connectivity index (χ1n) is 9.10. The van der Waals surface area contributed by atoms with Crippen LogP contribution in [0.25, 0.3) is 21.8 Å². The van der Waals surface area contributed by atoms with Gasteiger partial charge in [0.15, 0.2) is 0 Å². The van der Waals surface area contributed by atoms with Crippen molar-refractivity contribution in [3.63, 3.8) is 0 Å². The number of nitrogens with one attached hydrogen (secondary N) is 1. The molecule has 0 radical (unpaired) electrons. The molecule has 0 bridgehead atoms. The Hall–Kier alpha value is -3.38. The smallest absolute Gasteiger partial charge is 0.238 e. The third kappa shape index (κ3) is 3.18. The highest BCUT2D eigenvalue weighted by Crippen LogP contribution is 2.30. The molecule has 2 heterocycles. The van der Waals surface area contributed by atoms with Gasteiger partial charge in [-0.15, -0.1) is 0 Å². The first-order valence-corrected chi connectivity index (χ1v) is 9.10. The quantitative estimate of drug-likeness (QED) is 0.319. The largest absolute Gasteiger partial charge is 0.497 e. The lowest BCUT2D eigenvalue weighted by Gasteiger charge is -2.10. The van der Waals surface area contributed by atoms with Gasteiger partial charge in [-0.1, -0.05) is 24.3 Å². The van der Waals surface area contributed by atoms with E-state index in [0.717, 1.165) is 44.5 Å². The number of pyridine rings is 1. The maximum Gasteiger partial charge on any atom is 0.238 e. The van der Waals surface area contributed by atoms with Gasteiger partial charge in [-0.25, -0.2) is 5.84 Å². The summed E-state index contributed by atoms with van der Waals surface area (Å²) in [5, 5.41) is 2.10. The van der Waals surface area contributed by atoms with Crippen LogP contribution in [-0.4, -0.2) is 22.6 Å². The van der Waals surface area contributed by atoms with Crippen molar-refractivity contribution in [3.05, 3.63) is 71.5 Å². The summed E-state index contributed by atoms with van der Waals surface area (Å²) in [6.07, 6.45) is 0.212. The van der Waals surface area contributed by atoms with Crippen LogP contribution in [0.4, 0.5) is 0 Å². The summed E-state index contributed by atoms with van der Waals surface area (Å²) in [5.41, 5.74) is 7.15. The monoisotopic (exact) mass is 374 g/mol. The van der Waals surface area contributed by atoms with Crippen LogP contribution in [0, 0.1) is 6.92 Å². The number of benzene rings is 2. The van der Waals surface area contributed by atoms with Crippen LogP contribution in [0.5, 0.6) is 5.75 Å². The van der Waals surface area contributed by atoms with Gasteiger partial charge in [-0.3, -0.25) is 15.2 Å². The van der Waals surface area contributed by atoms with Crippen molar-refractivity contribution < 1.29 is 9.53 Å². The predicted molar refractivity (Wildman–Crippen MR) is 110 cm³/mol. The van der Waals surface area contributed by atoms with Crippen LogP contribution in [0.1, 0.15) is 17.0 Å². The standard InChI is InChI=1S/C22H22N4O2/c1-14-18(12-22(27)25-23)19-11-17(28-2)9-10-21(19)26(14)13-16-8-7-15-5-3-4-6-20(15)24-16/h3-11H,12-13,23H2,1-2H3,(H,25,27). The van der Waals surface area contributed by atoms with Crippen molar-refractivity contribution in [3.8, 4) is 5.75 Å². The van der Waals surface area contributed by atoms with E-state index in [0.29, 0.717) is 6.54 Å². The number of nitrogens with two attached hydrogens (primary N) is 1. The molecule has 0 aliphatic rings. The van der Waals surface area contributed by atoms with Crippen LogP contribution < -0.4 is 16.0 Å². The van der Waals surface area contributed by atoms with Crippen molar-refractivity contribution in [2.45, 2.75) is 19.9 Å². The first kappa shape index (κ1) is 18.0. The average molecular weight is 374 g/mol. The van der Waals surface area contributed by atoms with E-state index in [4.69, 9.17) is 15.6 Å². The maximum absolute atomic E-state index is 12.0. The fourth-order valence-corrected chi connectivity index (χ4v) is 3.65. The number of aromatic nitrogens is 2. The van der Waals surface area contributed by atoms with E-state index in [-0.39, 0.29) is 12.3 Å². The Morgan fingerprint density at radius 1 is 1.18 bits per heavy atom. The lowest BCUT2D eigenvalue weighted by molar-refractivity contribution is -0.120. The molecule has 6 heteroatoms. The Morgan fingerprint density at radius 3 is 2.79 bits per heavy atom. The molecule has 0 fully saturated rings. The molecule has 0 unspecified atom stereocenters. The molecule has 0 saturated carbocycles. The Balaban J connectivity index is 1.82. The summed E-state index contributed by atoms with van der Waals surface area (Å²) >= 11 is 0. The molecule has 0 aliphatic heterocycles. The van der Waals surface area contributed by atoms with Crippen molar-refractivity contribution >= 4 is 27.7 Å². The second-order valence-electron chi connectivity index (χ2n) is 6.77. The molecular weight excluding hydrogens is 352 g/mol. The summed E-state index contributed by atoms with van der Waals surface area (Å²) in [7, 11) is 1.64. The molecule has 28 heavy (non-hydrogen) atoms. The zero-order valence-corrected chi connectivity index (χ0v) is 15.9. The molecule has 4 aromatic rings. The van der Waals surface area contributed by atoms with Crippen molar-refractivity contribution in [1.29, 1.82) is 0 Å². The fraction of sp³-hybridized carbons (Fsp3) is 0.182. The molecular formula is C22H22N4O2. The van der Waals surface area contributed by atoms with E-state index in [1.807, 2.05) is 49.4 Å². The highest BCUT2D eigenvalue weighted by Gasteiger charge is 2.17. The molecule has 1 amide bonds. The van der Waals surface area contributed by atoms with E-state index < -0.39 is 0 Å². The Kier molecular flexibility index (Phi) is 4.71. The molecule has 6 nitrogen and oxygen atoms in total. The third-order valence-electron chi connectivity index (χ3n) is 5.14. The normalized spacial score (nSPS) is 11.1.